The monoisotopic (exact) mass is 495 g/mol. The summed E-state index contributed by atoms with van der Waals surface area (Å²) in [6.45, 7) is 2.71. The van der Waals surface area contributed by atoms with Crippen LogP contribution in [0.1, 0.15) is 31.2 Å². The van der Waals surface area contributed by atoms with Gasteiger partial charge in [-0.1, -0.05) is 12.1 Å². The van der Waals surface area contributed by atoms with Crippen LogP contribution in [-0.4, -0.2) is 57.1 Å². The molecule has 2 aromatic rings. The van der Waals surface area contributed by atoms with E-state index in [9.17, 15) is 18.0 Å². The molecule has 2 saturated heterocycles. The third-order valence-electron chi connectivity index (χ3n) is 7.18. The molecule has 0 aromatic heterocycles. The second-order valence-corrected chi connectivity index (χ2v) is 10.9. The van der Waals surface area contributed by atoms with Crippen molar-refractivity contribution in [1.82, 2.24) is 4.90 Å². The minimum atomic E-state index is -3.65. The van der Waals surface area contributed by atoms with Gasteiger partial charge in [-0.3, -0.25) is 9.59 Å². The number of primary amides is 1. The summed E-state index contributed by atoms with van der Waals surface area (Å²) in [5, 5.41) is 3.01. The highest BCUT2D eigenvalue weighted by Gasteiger charge is 2.34. The van der Waals surface area contributed by atoms with Crippen molar-refractivity contribution < 1.29 is 18.0 Å². The molecule has 2 fully saturated rings. The first kappa shape index (κ1) is 23.3. The predicted octanol–water partition coefficient (Wildman–Crippen LogP) is 2.19. The third-order valence-corrected chi connectivity index (χ3v) is 8.50. The van der Waals surface area contributed by atoms with Crippen molar-refractivity contribution in [2.45, 2.75) is 30.6 Å². The lowest BCUT2D eigenvalue weighted by Gasteiger charge is -2.33. The Morgan fingerprint density at radius 3 is 2.11 bits per heavy atom. The summed E-state index contributed by atoms with van der Waals surface area (Å²) in [5.74, 6) is 0.0410. The van der Waals surface area contributed by atoms with E-state index in [1.807, 2.05) is 35.2 Å². The van der Waals surface area contributed by atoms with Gasteiger partial charge in [0.25, 0.3) is 10.0 Å². The summed E-state index contributed by atoms with van der Waals surface area (Å²) in [4.78, 5) is 28.7. The molecule has 0 aliphatic carbocycles. The van der Waals surface area contributed by atoms with Gasteiger partial charge in [-0.2, -0.15) is 8.42 Å². The van der Waals surface area contributed by atoms with Crippen LogP contribution in [0, 0.1) is 11.8 Å². The second kappa shape index (κ2) is 9.33. The molecular formula is C25H29N5O4S. The number of nitrogens with one attached hydrogen (secondary N) is 1. The first-order valence-electron chi connectivity index (χ1n) is 12.0. The number of nitrogens with two attached hydrogens (primary N) is 1. The van der Waals surface area contributed by atoms with Crippen LogP contribution < -0.4 is 16.0 Å². The molecule has 2 amide bonds. The van der Waals surface area contributed by atoms with Gasteiger partial charge in [0.2, 0.25) is 11.8 Å². The number of nitrogens with zero attached hydrogens (tertiary/aromatic N) is 3. The summed E-state index contributed by atoms with van der Waals surface area (Å²) in [7, 11) is -3.65. The average Bonchev–Trinajstić information content (AvgIpc) is 3.15. The van der Waals surface area contributed by atoms with E-state index in [1.54, 1.807) is 18.2 Å². The SMILES string of the molecule is NC(=O)C1CCN(c2ccc(NC(=O)C3CCN(C4=NS(=O)(=O)c5ccccc54)CC3)cc2)CC1. The zero-order valence-corrected chi connectivity index (χ0v) is 20.2. The highest BCUT2D eigenvalue weighted by Crippen LogP contribution is 2.30. The summed E-state index contributed by atoms with van der Waals surface area (Å²) in [6.07, 6.45) is 2.77. The third kappa shape index (κ3) is 4.75. The van der Waals surface area contributed by atoms with Crippen LogP contribution in [0.5, 0.6) is 0 Å². The smallest absolute Gasteiger partial charge is 0.285 e. The van der Waals surface area contributed by atoms with Crippen LogP contribution >= 0.6 is 0 Å². The van der Waals surface area contributed by atoms with Gasteiger partial charge < -0.3 is 20.9 Å². The number of sulfonamides is 1. The zero-order valence-electron chi connectivity index (χ0n) is 19.4. The van der Waals surface area contributed by atoms with Gasteiger partial charge in [0, 0.05) is 55.0 Å². The van der Waals surface area contributed by atoms with Crippen molar-refractivity contribution in [3.63, 3.8) is 0 Å². The number of hydrogen-bond donors (Lipinski definition) is 2. The van der Waals surface area contributed by atoms with E-state index >= 15 is 0 Å². The highest BCUT2D eigenvalue weighted by atomic mass is 32.2. The van der Waals surface area contributed by atoms with Gasteiger partial charge in [0.15, 0.2) is 5.84 Å². The van der Waals surface area contributed by atoms with Crippen molar-refractivity contribution in [3.05, 3.63) is 54.1 Å². The standard InChI is InChI=1S/C25H29N5O4S/c26-23(31)17-9-13-29(14-10-17)20-7-5-19(6-8-20)27-25(32)18-11-15-30(16-12-18)24-21-3-1-2-4-22(21)35(33,34)28-24/h1-8,17-18H,9-16H2,(H2,26,31)(H,27,32). The van der Waals surface area contributed by atoms with Crippen LogP contribution in [0.4, 0.5) is 11.4 Å². The summed E-state index contributed by atoms with van der Waals surface area (Å²) >= 11 is 0. The van der Waals surface area contributed by atoms with E-state index < -0.39 is 10.0 Å². The van der Waals surface area contributed by atoms with Crippen LogP contribution in [0.3, 0.4) is 0 Å². The summed E-state index contributed by atoms with van der Waals surface area (Å²) in [5.41, 5.74) is 7.86. The molecule has 0 bridgehead atoms. The Hall–Kier alpha value is -3.40. The van der Waals surface area contributed by atoms with Gasteiger partial charge >= 0.3 is 0 Å². The first-order valence-corrected chi connectivity index (χ1v) is 13.4. The van der Waals surface area contributed by atoms with Crippen LogP contribution in [0.2, 0.25) is 0 Å². The molecule has 3 aliphatic heterocycles. The number of amides is 2. The van der Waals surface area contributed by atoms with Gasteiger partial charge in [-0.05, 0) is 62.1 Å². The van der Waals surface area contributed by atoms with Crippen molar-refractivity contribution in [2.75, 3.05) is 36.4 Å². The van der Waals surface area contributed by atoms with Crippen LogP contribution in [0.15, 0.2) is 57.8 Å². The fraction of sp³-hybridized carbons (Fsp3) is 0.400. The molecule has 35 heavy (non-hydrogen) atoms. The Morgan fingerprint density at radius 1 is 0.857 bits per heavy atom. The van der Waals surface area contributed by atoms with E-state index in [0.717, 1.165) is 37.3 Å². The van der Waals surface area contributed by atoms with Gasteiger partial charge in [0.05, 0.1) is 0 Å². The number of fused-ring (bicyclic) bond motifs is 1. The van der Waals surface area contributed by atoms with Crippen molar-refractivity contribution >= 4 is 39.0 Å². The number of piperidine rings is 2. The molecule has 9 nitrogen and oxygen atoms in total. The van der Waals surface area contributed by atoms with E-state index in [2.05, 4.69) is 14.6 Å². The Balaban J connectivity index is 1.15. The molecule has 0 atom stereocenters. The lowest BCUT2D eigenvalue weighted by molar-refractivity contribution is -0.122. The Bertz CT molecular complexity index is 1260. The minimum absolute atomic E-state index is 0.0268. The van der Waals surface area contributed by atoms with E-state index in [0.29, 0.717) is 37.3 Å². The number of benzene rings is 2. The fourth-order valence-corrected chi connectivity index (χ4v) is 6.32. The molecule has 0 unspecified atom stereocenters. The predicted molar refractivity (Wildman–Crippen MR) is 134 cm³/mol. The number of carbonyl (C=O) groups is 2. The lowest BCUT2D eigenvalue weighted by atomic mass is 9.95. The van der Waals surface area contributed by atoms with Crippen molar-refractivity contribution in [3.8, 4) is 0 Å². The molecule has 0 radical (unpaired) electrons. The normalized spacial score (nSPS) is 20.3. The second-order valence-electron chi connectivity index (χ2n) is 9.35. The Morgan fingerprint density at radius 2 is 1.46 bits per heavy atom. The van der Waals surface area contributed by atoms with Gasteiger partial charge in [-0.15, -0.1) is 4.40 Å². The van der Waals surface area contributed by atoms with E-state index in [4.69, 9.17) is 5.73 Å². The number of amidine groups is 1. The van der Waals surface area contributed by atoms with Gasteiger partial charge in [-0.25, -0.2) is 0 Å². The summed E-state index contributed by atoms with van der Waals surface area (Å²) < 4.78 is 28.7. The number of hydrogen-bond acceptors (Lipinski definition) is 6. The van der Waals surface area contributed by atoms with Crippen molar-refractivity contribution in [2.24, 2.45) is 22.0 Å². The van der Waals surface area contributed by atoms with E-state index in [1.165, 1.54) is 0 Å². The molecule has 5 rings (SSSR count). The molecule has 184 valence electrons. The Labute approximate surface area is 205 Å². The quantitative estimate of drug-likeness (QED) is 0.670. The topological polar surface area (TPSA) is 125 Å². The largest absolute Gasteiger partial charge is 0.371 e. The number of carbonyl (C=O) groups excluding carboxylic acids is 2. The zero-order chi connectivity index (χ0) is 24.6. The lowest BCUT2D eigenvalue weighted by Crippen LogP contribution is -2.41. The van der Waals surface area contributed by atoms with Gasteiger partial charge in [0.1, 0.15) is 4.90 Å². The molecule has 2 aromatic carbocycles. The highest BCUT2D eigenvalue weighted by molar-refractivity contribution is 7.90. The molecule has 0 spiro atoms. The maximum Gasteiger partial charge on any atom is 0.285 e. The van der Waals surface area contributed by atoms with Crippen LogP contribution in [-0.2, 0) is 19.6 Å². The maximum absolute atomic E-state index is 12.9. The fourth-order valence-electron chi connectivity index (χ4n) is 5.09. The Kier molecular flexibility index (Phi) is 6.22. The maximum atomic E-state index is 12.9. The number of likely N-dealkylation sites (tertiary alicyclic amines) is 1. The number of rotatable bonds is 4. The molecular weight excluding hydrogens is 466 g/mol. The molecule has 3 heterocycles. The van der Waals surface area contributed by atoms with Crippen molar-refractivity contribution in [1.29, 1.82) is 0 Å². The minimum Gasteiger partial charge on any atom is -0.371 e. The molecule has 0 saturated carbocycles. The van der Waals surface area contributed by atoms with E-state index in [-0.39, 0.29) is 28.5 Å². The molecule has 3 aliphatic rings. The average molecular weight is 496 g/mol. The van der Waals surface area contributed by atoms with Crippen LogP contribution in [0.25, 0.3) is 0 Å². The molecule has 10 heteroatoms. The first-order chi connectivity index (χ1) is 16.8. The molecule has 3 N–H and O–H groups in total. The number of anilines is 2. The summed E-state index contributed by atoms with van der Waals surface area (Å²) in [6, 6.07) is 14.6.